The number of H-pyrrole nitrogens is 1. The van der Waals surface area contributed by atoms with Gasteiger partial charge in [-0.3, -0.25) is 9.59 Å². The fourth-order valence-corrected chi connectivity index (χ4v) is 4.36. The zero-order valence-electron chi connectivity index (χ0n) is 20.6. The standard InChI is InChI=1S/C26H36N2O5/c1-25(2,3)33-24(31)26(4,5)28(16-17-10-8-7-9-11-17)23(30)22(29)20-15-27-21-14-18(32-6)12-13-19(20)21/h12-15,17,27H,7-11,16H2,1-6H3. The molecule has 0 radical (unpaired) electrons. The number of fused-ring (bicyclic) bond motifs is 1. The van der Waals surface area contributed by atoms with Crippen LogP contribution in [0.3, 0.4) is 0 Å². The van der Waals surface area contributed by atoms with E-state index < -0.39 is 28.8 Å². The number of benzene rings is 1. The summed E-state index contributed by atoms with van der Waals surface area (Å²) in [6.45, 7) is 9.05. The highest BCUT2D eigenvalue weighted by molar-refractivity contribution is 6.45. The summed E-state index contributed by atoms with van der Waals surface area (Å²) < 4.78 is 10.9. The monoisotopic (exact) mass is 456 g/mol. The third kappa shape index (κ3) is 5.57. The molecule has 0 bridgehead atoms. The Kier molecular flexibility index (Phi) is 7.20. The highest BCUT2D eigenvalue weighted by Gasteiger charge is 2.44. The van der Waals surface area contributed by atoms with E-state index in [1.165, 1.54) is 11.3 Å². The van der Waals surface area contributed by atoms with Gasteiger partial charge in [-0.2, -0.15) is 0 Å². The first-order chi connectivity index (χ1) is 15.4. The third-order valence-corrected chi connectivity index (χ3v) is 6.31. The molecule has 1 aromatic heterocycles. The van der Waals surface area contributed by atoms with E-state index in [1.54, 1.807) is 66.1 Å². The van der Waals surface area contributed by atoms with Crippen molar-refractivity contribution in [2.24, 2.45) is 5.92 Å². The highest BCUT2D eigenvalue weighted by Crippen LogP contribution is 2.30. The summed E-state index contributed by atoms with van der Waals surface area (Å²) in [5.74, 6) is -0.938. The number of carbonyl (C=O) groups excluding carboxylic acids is 3. The van der Waals surface area contributed by atoms with Gasteiger partial charge in [0.15, 0.2) is 0 Å². The summed E-state index contributed by atoms with van der Waals surface area (Å²) in [6, 6.07) is 5.29. The van der Waals surface area contributed by atoms with Crippen LogP contribution in [0.25, 0.3) is 10.9 Å². The molecule has 7 nitrogen and oxygen atoms in total. The van der Waals surface area contributed by atoms with E-state index in [1.807, 2.05) is 0 Å². The molecule has 1 aromatic carbocycles. The number of aromatic nitrogens is 1. The van der Waals surface area contributed by atoms with E-state index >= 15 is 0 Å². The maximum absolute atomic E-state index is 13.6. The summed E-state index contributed by atoms with van der Waals surface area (Å²) in [4.78, 5) is 44.6. The van der Waals surface area contributed by atoms with Crippen LogP contribution >= 0.6 is 0 Å². The zero-order valence-corrected chi connectivity index (χ0v) is 20.6. The van der Waals surface area contributed by atoms with Gasteiger partial charge in [-0.15, -0.1) is 0 Å². The van der Waals surface area contributed by atoms with Crippen LogP contribution in [0, 0.1) is 5.92 Å². The Balaban J connectivity index is 1.94. The SMILES string of the molecule is COc1ccc2c(C(=O)C(=O)N(CC3CCCCC3)C(C)(C)C(=O)OC(C)(C)C)c[nH]c2c1. The number of rotatable bonds is 7. The lowest BCUT2D eigenvalue weighted by molar-refractivity contribution is -0.171. The molecule has 0 spiro atoms. The van der Waals surface area contributed by atoms with Crippen molar-refractivity contribution in [1.82, 2.24) is 9.88 Å². The second kappa shape index (κ2) is 9.57. The van der Waals surface area contributed by atoms with Crippen LogP contribution in [0.5, 0.6) is 5.75 Å². The van der Waals surface area contributed by atoms with E-state index in [-0.39, 0.29) is 11.5 Å². The van der Waals surface area contributed by atoms with Gasteiger partial charge in [0.2, 0.25) is 0 Å². The topological polar surface area (TPSA) is 88.7 Å². The predicted molar refractivity (Wildman–Crippen MR) is 127 cm³/mol. The molecular formula is C26H36N2O5. The van der Waals surface area contributed by atoms with Crippen molar-refractivity contribution in [3.63, 3.8) is 0 Å². The predicted octanol–water partition coefficient (Wildman–Crippen LogP) is 4.89. The smallest absolute Gasteiger partial charge is 0.332 e. The molecule has 3 rings (SSSR count). The van der Waals surface area contributed by atoms with Crippen LogP contribution in [-0.4, -0.2) is 52.3 Å². The Hall–Kier alpha value is -2.83. The number of nitrogens with one attached hydrogen (secondary N) is 1. The molecule has 1 aliphatic carbocycles. The van der Waals surface area contributed by atoms with Gasteiger partial charge in [0, 0.05) is 29.7 Å². The number of esters is 1. The quantitative estimate of drug-likeness (QED) is 0.364. The molecule has 180 valence electrons. The van der Waals surface area contributed by atoms with Gasteiger partial charge >= 0.3 is 5.97 Å². The molecule has 1 fully saturated rings. The van der Waals surface area contributed by atoms with E-state index in [2.05, 4.69) is 4.98 Å². The summed E-state index contributed by atoms with van der Waals surface area (Å²) in [5.41, 5.74) is -0.998. The average molecular weight is 457 g/mol. The van der Waals surface area contributed by atoms with Gasteiger partial charge in [0.05, 0.1) is 12.7 Å². The summed E-state index contributed by atoms with van der Waals surface area (Å²) in [6.07, 6.45) is 6.88. The second-order valence-corrected chi connectivity index (χ2v) is 10.4. The number of hydrogen-bond donors (Lipinski definition) is 1. The summed E-state index contributed by atoms with van der Waals surface area (Å²) in [5, 5.41) is 0.641. The number of methoxy groups -OCH3 is 1. The largest absolute Gasteiger partial charge is 0.497 e. The number of carbonyl (C=O) groups is 3. The van der Waals surface area contributed by atoms with Gasteiger partial charge in [-0.25, -0.2) is 4.79 Å². The second-order valence-electron chi connectivity index (χ2n) is 10.4. The fraction of sp³-hybridized carbons (Fsp3) is 0.577. The first-order valence-electron chi connectivity index (χ1n) is 11.7. The van der Waals surface area contributed by atoms with E-state index in [0.29, 0.717) is 23.2 Å². The van der Waals surface area contributed by atoms with Crippen LogP contribution < -0.4 is 4.74 Å². The molecule has 1 amide bonds. The molecule has 33 heavy (non-hydrogen) atoms. The normalized spacial score (nSPS) is 15.3. The van der Waals surface area contributed by atoms with Gasteiger partial charge in [-0.05, 0) is 65.5 Å². The number of nitrogens with zero attached hydrogens (tertiary/aromatic N) is 1. The van der Waals surface area contributed by atoms with Crippen molar-refractivity contribution < 1.29 is 23.9 Å². The lowest BCUT2D eigenvalue weighted by Crippen LogP contribution is -2.58. The number of aromatic amines is 1. The Bertz CT molecular complexity index is 1020. The van der Waals surface area contributed by atoms with Crippen LogP contribution in [-0.2, 0) is 14.3 Å². The molecule has 1 saturated carbocycles. The van der Waals surface area contributed by atoms with E-state index in [9.17, 15) is 14.4 Å². The number of amides is 1. The zero-order chi connectivity index (χ0) is 24.4. The number of ketones is 1. The Morgan fingerprint density at radius 2 is 1.73 bits per heavy atom. The number of Topliss-reactive ketones (excluding diaryl/α,β-unsaturated/α-hetero) is 1. The van der Waals surface area contributed by atoms with Gasteiger partial charge in [0.1, 0.15) is 16.9 Å². The molecule has 1 heterocycles. The third-order valence-electron chi connectivity index (χ3n) is 6.31. The minimum Gasteiger partial charge on any atom is -0.497 e. The van der Waals surface area contributed by atoms with Gasteiger partial charge < -0.3 is 19.4 Å². The van der Waals surface area contributed by atoms with Gasteiger partial charge in [-0.1, -0.05) is 19.3 Å². The number of ether oxygens (including phenoxy) is 2. The first kappa shape index (κ1) is 24.8. The lowest BCUT2D eigenvalue weighted by Gasteiger charge is -2.40. The molecule has 7 heteroatoms. The van der Waals surface area contributed by atoms with Crippen molar-refractivity contribution in [3.05, 3.63) is 30.0 Å². The molecule has 0 atom stereocenters. The molecule has 0 unspecified atom stereocenters. The minimum atomic E-state index is -1.28. The minimum absolute atomic E-state index is 0.254. The van der Waals surface area contributed by atoms with Crippen molar-refractivity contribution in [2.45, 2.75) is 77.9 Å². The number of hydrogen-bond acceptors (Lipinski definition) is 5. The maximum atomic E-state index is 13.6. The molecule has 1 N–H and O–H groups in total. The molecule has 0 aliphatic heterocycles. The van der Waals surface area contributed by atoms with E-state index in [4.69, 9.17) is 9.47 Å². The maximum Gasteiger partial charge on any atom is 0.332 e. The molecule has 0 saturated heterocycles. The van der Waals surface area contributed by atoms with Gasteiger partial charge in [0.25, 0.3) is 11.7 Å². The van der Waals surface area contributed by atoms with Crippen molar-refractivity contribution in [1.29, 1.82) is 0 Å². The average Bonchev–Trinajstić information content (AvgIpc) is 3.19. The first-order valence-corrected chi connectivity index (χ1v) is 11.7. The van der Waals surface area contributed by atoms with Crippen molar-refractivity contribution in [2.75, 3.05) is 13.7 Å². The van der Waals surface area contributed by atoms with Crippen LogP contribution in [0.4, 0.5) is 0 Å². The van der Waals surface area contributed by atoms with Crippen LogP contribution in [0.2, 0.25) is 0 Å². The van der Waals surface area contributed by atoms with E-state index in [0.717, 1.165) is 25.7 Å². The van der Waals surface area contributed by atoms with Crippen LogP contribution in [0.15, 0.2) is 24.4 Å². The summed E-state index contributed by atoms with van der Waals surface area (Å²) >= 11 is 0. The Morgan fingerprint density at radius 3 is 2.33 bits per heavy atom. The highest BCUT2D eigenvalue weighted by atomic mass is 16.6. The lowest BCUT2D eigenvalue weighted by atomic mass is 9.87. The summed E-state index contributed by atoms with van der Waals surface area (Å²) in [7, 11) is 1.57. The Morgan fingerprint density at radius 1 is 1.06 bits per heavy atom. The van der Waals surface area contributed by atoms with Crippen molar-refractivity contribution in [3.8, 4) is 5.75 Å². The Labute approximate surface area is 195 Å². The fourth-order valence-electron chi connectivity index (χ4n) is 4.36. The van der Waals surface area contributed by atoms with Crippen molar-refractivity contribution >= 4 is 28.6 Å². The van der Waals surface area contributed by atoms with Crippen LogP contribution in [0.1, 0.15) is 77.1 Å². The molecular weight excluding hydrogens is 420 g/mol. The molecule has 1 aliphatic rings. The molecule has 2 aromatic rings.